The summed E-state index contributed by atoms with van der Waals surface area (Å²) in [6.07, 6.45) is 3.83. The van der Waals surface area contributed by atoms with E-state index in [1.807, 2.05) is 11.6 Å². The second-order valence-electron chi connectivity index (χ2n) is 4.05. The summed E-state index contributed by atoms with van der Waals surface area (Å²) < 4.78 is 1.99. The molecule has 0 amide bonds. The van der Waals surface area contributed by atoms with Crippen LogP contribution in [-0.4, -0.2) is 9.55 Å². The number of rotatable bonds is 1. The van der Waals surface area contributed by atoms with E-state index in [2.05, 4.69) is 38.5 Å². The van der Waals surface area contributed by atoms with Crippen molar-refractivity contribution in [3.8, 4) is 0 Å². The molecule has 0 aliphatic carbocycles. The standard InChI is InChI=1S/C10H16N2/c1-6-9-11-8(7-12(9)5)10(2,3)4/h6-7H,1H2,2-5H3. The van der Waals surface area contributed by atoms with Gasteiger partial charge in [-0.3, -0.25) is 0 Å². The van der Waals surface area contributed by atoms with Crippen LogP contribution in [0.4, 0.5) is 0 Å². The molecule has 1 aromatic rings. The molecule has 1 aromatic heterocycles. The first-order valence-electron chi connectivity index (χ1n) is 4.11. The van der Waals surface area contributed by atoms with Crippen molar-refractivity contribution in [2.45, 2.75) is 26.2 Å². The van der Waals surface area contributed by atoms with E-state index >= 15 is 0 Å². The topological polar surface area (TPSA) is 17.8 Å². The smallest absolute Gasteiger partial charge is 0.132 e. The predicted octanol–water partition coefficient (Wildman–Crippen LogP) is 2.36. The van der Waals surface area contributed by atoms with Crippen molar-refractivity contribution in [1.29, 1.82) is 0 Å². The van der Waals surface area contributed by atoms with E-state index in [1.165, 1.54) is 0 Å². The van der Waals surface area contributed by atoms with Crippen molar-refractivity contribution in [2.75, 3.05) is 0 Å². The van der Waals surface area contributed by atoms with Gasteiger partial charge in [0.05, 0.1) is 5.69 Å². The summed E-state index contributed by atoms with van der Waals surface area (Å²) in [5, 5.41) is 0. The molecular formula is C10H16N2. The number of aryl methyl sites for hydroxylation is 1. The SMILES string of the molecule is C=Cc1nc(C(C)(C)C)cn1C. The zero-order valence-electron chi connectivity index (χ0n) is 8.26. The molecule has 0 aliphatic rings. The fraction of sp³-hybridized carbons (Fsp3) is 0.500. The molecule has 0 saturated heterocycles. The van der Waals surface area contributed by atoms with Gasteiger partial charge in [-0.05, 0) is 6.08 Å². The lowest BCUT2D eigenvalue weighted by Gasteiger charge is -2.13. The Bertz CT molecular complexity index is 289. The molecule has 66 valence electrons. The second-order valence-corrected chi connectivity index (χ2v) is 4.05. The average Bonchev–Trinajstić information content (AvgIpc) is 2.29. The zero-order chi connectivity index (χ0) is 9.35. The van der Waals surface area contributed by atoms with Crippen molar-refractivity contribution >= 4 is 6.08 Å². The summed E-state index contributed by atoms with van der Waals surface area (Å²) in [5.41, 5.74) is 1.24. The molecule has 0 fully saturated rings. The Hall–Kier alpha value is -1.05. The van der Waals surface area contributed by atoms with Crippen molar-refractivity contribution in [1.82, 2.24) is 9.55 Å². The number of imidazole rings is 1. The largest absolute Gasteiger partial charge is 0.334 e. The summed E-state index contributed by atoms with van der Waals surface area (Å²) in [4.78, 5) is 4.44. The van der Waals surface area contributed by atoms with Gasteiger partial charge in [-0.2, -0.15) is 0 Å². The molecule has 0 N–H and O–H groups in total. The summed E-state index contributed by atoms with van der Waals surface area (Å²) in [6, 6.07) is 0. The molecule has 0 aromatic carbocycles. The molecule has 0 atom stereocenters. The maximum absolute atomic E-state index is 4.44. The Balaban J connectivity index is 3.13. The van der Waals surface area contributed by atoms with E-state index in [1.54, 1.807) is 6.08 Å². The molecule has 0 bridgehead atoms. The van der Waals surface area contributed by atoms with Crippen LogP contribution in [0.25, 0.3) is 6.08 Å². The zero-order valence-corrected chi connectivity index (χ0v) is 8.26. The second kappa shape index (κ2) is 2.77. The highest BCUT2D eigenvalue weighted by Crippen LogP contribution is 2.20. The van der Waals surface area contributed by atoms with Crippen LogP contribution in [0, 0.1) is 0 Å². The first kappa shape index (κ1) is 9.04. The number of nitrogens with zero attached hydrogens (tertiary/aromatic N) is 2. The van der Waals surface area contributed by atoms with Gasteiger partial charge in [0.1, 0.15) is 5.82 Å². The quantitative estimate of drug-likeness (QED) is 0.623. The Morgan fingerprint density at radius 3 is 2.33 bits per heavy atom. The third-order valence-corrected chi connectivity index (χ3v) is 1.86. The summed E-state index contributed by atoms with van der Waals surface area (Å²) in [7, 11) is 1.99. The van der Waals surface area contributed by atoms with Crippen LogP contribution in [0.5, 0.6) is 0 Å². The number of hydrogen-bond donors (Lipinski definition) is 0. The lowest BCUT2D eigenvalue weighted by molar-refractivity contribution is 0.571. The summed E-state index contributed by atoms with van der Waals surface area (Å²) in [6.45, 7) is 10.2. The van der Waals surface area contributed by atoms with Gasteiger partial charge in [0.15, 0.2) is 0 Å². The first-order chi connectivity index (χ1) is 5.45. The van der Waals surface area contributed by atoms with Crippen LogP contribution >= 0.6 is 0 Å². The van der Waals surface area contributed by atoms with E-state index < -0.39 is 0 Å². The highest BCUT2D eigenvalue weighted by molar-refractivity contribution is 5.38. The molecule has 0 aliphatic heterocycles. The summed E-state index contributed by atoms with van der Waals surface area (Å²) in [5.74, 6) is 0.930. The van der Waals surface area contributed by atoms with Crippen LogP contribution in [-0.2, 0) is 12.5 Å². The van der Waals surface area contributed by atoms with Crippen LogP contribution in [0.15, 0.2) is 12.8 Å². The van der Waals surface area contributed by atoms with Gasteiger partial charge in [-0.25, -0.2) is 4.98 Å². The van der Waals surface area contributed by atoms with E-state index in [4.69, 9.17) is 0 Å². The lowest BCUT2D eigenvalue weighted by atomic mass is 9.93. The molecule has 2 nitrogen and oxygen atoms in total. The molecule has 1 rings (SSSR count). The molecule has 2 heteroatoms. The van der Waals surface area contributed by atoms with Crippen LogP contribution in [0.2, 0.25) is 0 Å². The van der Waals surface area contributed by atoms with Gasteiger partial charge in [0.25, 0.3) is 0 Å². The molecule has 0 spiro atoms. The fourth-order valence-corrected chi connectivity index (χ4v) is 1.03. The molecular weight excluding hydrogens is 148 g/mol. The maximum Gasteiger partial charge on any atom is 0.132 e. The Morgan fingerprint density at radius 1 is 1.50 bits per heavy atom. The number of hydrogen-bond acceptors (Lipinski definition) is 1. The molecule has 1 heterocycles. The Morgan fingerprint density at radius 2 is 2.08 bits per heavy atom. The minimum atomic E-state index is 0.124. The van der Waals surface area contributed by atoms with Gasteiger partial charge in [0.2, 0.25) is 0 Å². The molecule has 0 unspecified atom stereocenters. The van der Waals surface area contributed by atoms with Gasteiger partial charge in [-0.1, -0.05) is 27.4 Å². The normalized spacial score (nSPS) is 11.7. The summed E-state index contributed by atoms with van der Waals surface area (Å²) >= 11 is 0. The minimum absolute atomic E-state index is 0.124. The Labute approximate surface area is 73.9 Å². The molecule has 0 saturated carbocycles. The maximum atomic E-state index is 4.44. The van der Waals surface area contributed by atoms with Gasteiger partial charge >= 0.3 is 0 Å². The van der Waals surface area contributed by atoms with Crippen LogP contribution in [0.1, 0.15) is 32.3 Å². The average molecular weight is 164 g/mol. The van der Waals surface area contributed by atoms with Gasteiger partial charge in [0, 0.05) is 18.7 Å². The highest BCUT2D eigenvalue weighted by atomic mass is 15.0. The van der Waals surface area contributed by atoms with Crippen molar-refractivity contribution in [3.05, 3.63) is 24.3 Å². The highest BCUT2D eigenvalue weighted by Gasteiger charge is 2.17. The van der Waals surface area contributed by atoms with E-state index in [-0.39, 0.29) is 5.41 Å². The van der Waals surface area contributed by atoms with E-state index in [9.17, 15) is 0 Å². The monoisotopic (exact) mass is 164 g/mol. The van der Waals surface area contributed by atoms with E-state index in [0.717, 1.165) is 11.5 Å². The third kappa shape index (κ3) is 1.58. The van der Waals surface area contributed by atoms with Crippen molar-refractivity contribution in [2.24, 2.45) is 7.05 Å². The van der Waals surface area contributed by atoms with Crippen molar-refractivity contribution < 1.29 is 0 Å². The molecule has 0 radical (unpaired) electrons. The third-order valence-electron chi connectivity index (χ3n) is 1.86. The first-order valence-corrected chi connectivity index (χ1v) is 4.11. The number of aromatic nitrogens is 2. The Kier molecular flexibility index (Phi) is 2.09. The van der Waals surface area contributed by atoms with Gasteiger partial charge < -0.3 is 4.57 Å². The van der Waals surface area contributed by atoms with E-state index in [0.29, 0.717) is 0 Å². The van der Waals surface area contributed by atoms with Crippen molar-refractivity contribution in [3.63, 3.8) is 0 Å². The fourth-order valence-electron chi connectivity index (χ4n) is 1.03. The van der Waals surface area contributed by atoms with Crippen LogP contribution < -0.4 is 0 Å². The molecule has 12 heavy (non-hydrogen) atoms. The lowest BCUT2D eigenvalue weighted by Crippen LogP contribution is -2.11. The minimum Gasteiger partial charge on any atom is -0.334 e. The van der Waals surface area contributed by atoms with Crippen LogP contribution in [0.3, 0.4) is 0 Å². The predicted molar refractivity (Wildman–Crippen MR) is 52.0 cm³/mol. The van der Waals surface area contributed by atoms with Gasteiger partial charge in [-0.15, -0.1) is 0 Å².